The van der Waals surface area contributed by atoms with Gasteiger partial charge < -0.3 is 19.7 Å². The molecule has 4 atom stereocenters. The van der Waals surface area contributed by atoms with Gasteiger partial charge in [0, 0.05) is 0 Å². The van der Waals surface area contributed by atoms with Gasteiger partial charge in [-0.15, -0.1) is 23.2 Å². The summed E-state index contributed by atoms with van der Waals surface area (Å²) in [4.78, 5) is 0. The quantitative estimate of drug-likeness (QED) is 0.669. The van der Waals surface area contributed by atoms with Crippen LogP contribution in [0.2, 0.25) is 0 Å². The van der Waals surface area contributed by atoms with E-state index in [1.54, 1.807) is 12.1 Å². The molecule has 0 unspecified atom stereocenters. The van der Waals surface area contributed by atoms with E-state index in [9.17, 15) is 19.0 Å². The molecule has 2 aromatic rings. The fourth-order valence-corrected chi connectivity index (χ4v) is 3.89. The number of rotatable bonds is 4. The van der Waals surface area contributed by atoms with Crippen molar-refractivity contribution in [2.45, 2.75) is 50.1 Å². The van der Waals surface area contributed by atoms with Crippen molar-refractivity contribution in [3.05, 3.63) is 59.2 Å². The van der Waals surface area contributed by atoms with Crippen LogP contribution in [0, 0.1) is 11.6 Å². The number of halogens is 4. The topological polar surface area (TPSA) is 58.9 Å². The zero-order chi connectivity index (χ0) is 21.7. The molecule has 0 radical (unpaired) electrons. The highest BCUT2D eigenvalue weighted by atomic mass is 35.5. The van der Waals surface area contributed by atoms with Crippen LogP contribution in [0.15, 0.2) is 36.4 Å². The van der Waals surface area contributed by atoms with E-state index in [0.29, 0.717) is 37.2 Å². The number of ether oxygens (including phenoxy) is 2. The molecule has 2 aliphatic heterocycles. The van der Waals surface area contributed by atoms with Crippen molar-refractivity contribution in [2.75, 3.05) is 11.8 Å². The van der Waals surface area contributed by atoms with Gasteiger partial charge in [0.05, 0.1) is 11.8 Å². The molecule has 4 nitrogen and oxygen atoms in total. The average molecular weight is 461 g/mol. The summed E-state index contributed by atoms with van der Waals surface area (Å²) in [5.74, 6) is 1.10. The molecule has 0 saturated carbocycles. The molecule has 4 rings (SSSR count). The van der Waals surface area contributed by atoms with Gasteiger partial charge in [-0.25, -0.2) is 8.78 Å². The molecule has 8 heteroatoms. The van der Waals surface area contributed by atoms with Crippen LogP contribution in [0.1, 0.15) is 24.0 Å². The maximum absolute atomic E-state index is 12.9. The van der Waals surface area contributed by atoms with E-state index in [4.69, 9.17) is 32.7 Å². The van der Waals surface area contributed by atoms with Gasteiger partial charge in [0.2, 0.25) is 0 Å². The highest BCUT2D eigenvalue weighted by Gasteiger charge is 2.26. The van der Waals surface area contributed by atoms with E-state index in [2.05, 4.69) is 0 Å². The van der Waals surface area contributed by atoms with Crippen molar-refractivity contribution < 1.29 is 28.5 Å². The second-order valence-corrected chi connectivity index (χ2v) is 7.95. The lowest BCUT2D eigenvalue weighted by Gasteiger charge is -2.28. The number of hydrogen-bond donors (Lipinski definition) is 2. The Kier molecular flexibility index (Phi) is 8.17. The number of hydrogen-bond acceptors (Lipinski definition) is 4. The molecule has 2 aromatic carbocycles. The van der Waals surface area contributed by atoms with Crippen molar-refractivity contribution >= 4 is 23.2 Å². The minimum absolute atomic E-state index is 0.154. The van der Waals surface area contributed by atoms with Gasteiger partial charge in [0.25, 0.3) is 0 Å². The normalized spacial score (nSPS) is 21.7. The van der Waals surface area contributed by atoms with E-state index in [0.717, 1.165) is 11.1 Å². The smallest absolute Gasteiger partial charge is 0.126 e. The Bertz CT molecular complexity index is 782. The molecular weight excluding hydrogens is 437 g/mol. The zero-order valence-corrected chi connectivity index (χ0v) is 17.8. The van der Waals surface area contributed by atoms with Crippen LogP contribution < -0.4 is 9.47 Å². The third-order valence-corrected chi connectivity index (χ3v) is 5.81. The second-order valence-electron chi connectivity index (χ2n) is 7.34. The predicted molar refractivity (Wildman–Crippen MR) is 112 cm³/mol. The molecule has 2 aliphatic rings. The van der Waals surface area contributed by atoms with Crippen molar-refractivity contribution in [1.29, 1.82) is 0 Å². The Labute approximate surface area is 184 Å². The van der Waals surface area contributed by atoms with Gasteiger partial charge in [-0.05, 0) is 73.2 Å². The number of aliphatic hydroxyl groups is 2. The van der Waals surface area contributed by atoms with Crippen LogP contribution in [-0.4, -0.2) is 46.4 Å². The predicted octanol–water partition coefficient (Wildman–Crippen LogP) is 4.24. The van der Waals surface area contributed by atoms with Crippen LogP contribution in [0.3, 0.4) is 0 Å². The lowest BCUT2D eigenvalue weighted by molar-refractivity contribution is 0.0377. The van der Waals surface area contributed by atoms with Crippen LogP contribution >= 0.6 is 23.2 Å². The van der Waals surface area contributed by atoms with Crippen molar-refractivity contribution in [1.82, 2.24) is 0 Å². The van der Waals surface area contributed by atoms with E-state index in [1.165, 1.54) is 24.3 Å². The fourth-order valence-electron chi connectivity index (χ4n) is 3.50. The lowest BCUT2D eigenvalue weighted by Crippen LogP contribution is -2.36. The number of aryl methyl sites for hydroxylation is 2. The third-order valence-electron chi connectivity index (χ3n) is 5.17. The maximum Gasteiger partial charge on any atom is 0.126 e. The minimum Gasteiger partial charge on any atom is -0.487 e. The number of benzene rings is 2. The molecule has 2 N–H and O–H groups in total. The van der Waals surface area contributed by atoms with E-state index in [1.807, 2.05) is 0 Å². The molecule has 30 heavy (non-hydrogen) atoms. The third kappa shape index (κ3) is 5.76. The first-order valence-electron chi connectivity index (χ1n) is 9.79. The summed E-state index contributed by atoms with van der Waals surface area (Å²) in [5.41, 5.74) is 1.71. The van der Waals surface area contributed by atoms with Crippen molar-refractivity contribution in [2.24, 2.45) is 0 Å². The van der Waals surface area contributed by atoms with Gasteiger partial charge >= 0.3 is 0 Å². The van der Waals surface area contributed by atoms with Crippen LogP contribution in [0.5, 0.6) is 11.5 Å². The Hall–Kier alpha value is -1.60. The first-order chi connectivity index (χ1) is 14.4. The summed E-state index contributed by atoms with van der Waals surface area (Å²) in [6.07, 6.45) is 0.891. The summed E-state index contributed by atoms with van der Waals surface area (Å²) in [6.45, 7) is 0. The lowest BCUT2D eigenvalue weighted by atomic mass is 9.99. The summed E-state index contributed by atoms with van der Waals surface area (Å²) in [5, 5.41) is 19.1. The molecular formula is C22H24Cl2F2O4. The van der Waals surface area contributed by atoms with Gasteiger partial charge in [-0.1, -0.05) is 0 Å². The Morgan fingerprint density at radius 1 is 0.800 bits per heavy atom. The molecule has 0 amide bonds. The first-order valence-corrected chi connectivity index (χ1v) is 10.9. The number of alkyl halides is 2. The van der Waals surface area contributed by atoms with Gasteiger partial charge in [-0.3, -0.25) is 0 Å². The fraction of sp³-hybridized carbons (Fsp3) is 0.455. The molecule has 0 fully saturated rings. The maximum atomic E-state index is 12.9. The summed E-state index contributed by atoms with van der Waals surface area (Å²) >= 11 is 11.1. The summed E-state index contributed by atoms with van der Waals surface area (Å²) < 4.78 is 36.9. The zero-order valence-electron chi connectivity index (χ0n) is 16.2. The van der Waals surface area contributed by atoms with Crippen molar-refractivity contribution in [3.8, 4) is 11.5 Å². The van der Waals surface area contributed by atoms with Crippen LogP contribution in [0.25, 0.3) is 0 Å². The second kappa shape index (κ2) is 10.6. The summed E-state index contributed by atoms with van der Waals surface area (Å²) in [6, 6.07) is 8.84. The van der Waals surface area contributed by atoms with Gasteiger partial charge in [0.1, 0.15) is 47.5 Å². The Morgan fingerprint density at radius 3 is 1.57 bits per heavy atom. The van der Waals surface area contributed by atoms with E-state index in [-0.39, 0.29) is 35.6 Å². The summed E-state index contributed by atoms with van der Waals surface area (Å²) in [7, 11) is 0. The SMILES string of the molecule is O[C@H](CCl)[C@H]1CCc2cc(F)ccc2O1.O[C@H](CCl)[C@H]1CCc2cc(F)ccc2O1. The van der Waals surface area contributed by atoms with Crippen LogP contribution in [-0.2, 0) is 12.8 Å². The molecule has 0 aromatic heterocycles. The molecule has 0 aliphatic carbocycles. The number of fused-ring (bicyclic) bond motifs is 2. The van der Waals surface area contributed by atoms with Gasteiger partial charge in [0.15, 0.2) is 0 Å². The minimum atomic E-state index is -0.662. The molecule has 0 bridgehead atoms. The highest BCUT2D eigenvalue weighted by Crippen LogP contribution is 2.30. The first kappa shape index (κ1) is 23.1. The molecule has 2 heterocycles. The molecule has 0 saturated heterocycles. The average Bonchev–Trinajstić information content (AvgIpc) is 2.77. The monoisotopic (exact) mass is 460 g/mol. The standard InChI is InChI=1S/2C11H12ClFO2/c2*12-6-9(14)11-3-1-7-5-8(13)2-4-10(7)15-11/h2*2,4-5,9,11,14H,1,3,6H2/t2*9-,11-/m11/s1. The van der Waals surface area contributed by atoms with Crippen LogP contribution in [0.4, 0.5) is 8.78 Å². The molecule has 0 spiro atoms. The number of aliphatic hydroxyl groups excluding tert-OH is 2. The van der Waals surface area contributed by atoms with Crippen molar-refractivity contribution in [3.63, 3.8) is 0 Å². The molecule has 164 valence electrons. The highest BCUT2D eigenvalue weighted by molar-refractivity contribution is 6.18. The largest absolute Gasteiger partial charge is 0.487 e. The van der Waals surface area contributed by atoms with E-state index >= 15 is 0 Å². The van der Waals surface area contributed by atoms with E-state index < -0.39 is 12.2 Å². The Balaban J connectivity index is 0.000000171. The Morgan fingerprint density at radius 2 is 1.20 bits per heavy atom. The van der Waals surface area contributed by atoms with Gasteiger partial charge in [-0.2, -0.15) is 0 Å².